The van der Waals surface area contributed by atoms with Gasteiger partial charge in [0.2, 0.25) is 5.91 Å². The van der Waals surface area contributed by atoms with Crippen molar-refractivity contribution in [1.29, 1.82) is 0 Å². The molecule has 0 radical (unpaired) electrons. The van der Waals surface area contributed by atoms with Gasteiger partial charge in [0, 0.05) is 25.2 Å². The van der Waals surface area contributed by atoms with Crippen LogP contribution in [-0.2, 0) is 9.53 Å². The van der Waals surface area contributed by atoms with Crippen molar-refractivity contribution in [1.82, 2.24) is 10.6 Å². The lowest BCUT2D eigenvalue weighted by atomic mass is 9.99. The van der Waals surface area contributed by atoms with Crippen LogP contribution in [0, 0.1) is 5.92 Å². The van der Waals surface area contributed by atoms with Crippen molar-refractivity contribution in [2.45, 2.75) is 50.7 Å². The molecular weight excluding hydrogens is 204 g/mol. The van der Waals surface area contributed by atoms with Gasteiger partial charge in [-0.2, -0.15) is 0 Å². The second-order valence-corrected chi connectivity index (χ2v) is 5.17. The molecule has 3 atom stereocenters. The summed E-state index contributed by atoms with van der Waals surface area (Å²) in [5.74, 6) is 0.0886. The van der Waals surface area contributed by atoms with Crippen LogP contribution in [0.5, 0.6) is 0 Å². The first kappa shape index (κ1) is 11.9. The molecule has 2 heterocycles. The fourth-order valence-electron chi connectivity index (χ4n) is 2.84. The van der Waals surface area contributed by atoms with E-state index in [9.17, 15) is 4.79 Å². The van der Waals surface area contributed by atoms with Crippen molar-refractivity contribution >= 4 is 5.91 Å². The zero-order chi connectivity index (χ0) is 11.5. The van der Waals surface area contributed by atoms with Crippen LogP contribution in [0.15, 0.2) is 0 Å². The Morgan fingerprint density at radius 3 is 2.62 bits per heavy atom. The van der Waals surface area contributed by atoms with E-state index in [-0.39, 0.29) is 11.8 Å². The predicted molar refractivity (Wildman–Crippen MR) is 62.2 cm³/mol. The molecule has 2 N–H and O–H groups in total. The molecule has 2 bridgehead atoms. The first-order valence-corrected chi connectivity index (χ1v) is 6.24. The average Bonchev–Trinajstić information content (AvgIpc) is 2.58. The largest absolute Gasteiger partial charge is 0.384 e. The summed E-state index contributed by atoms with van der Waals surface area (Å²) < 4.78 is 5.00. The van der Waals surface area contributed by atoms with Gasteiger partial charge in [-0.05, 0) is 25.7 Å². The molecular formula is C12H22N2O2. The van der Waals surface area contributed by atoms with Gasteiger partial charge in [-0.25, -0.2) is 0 Å². The molecule has 3 unspecified atom stereocenters. The van der Waals surface area contributed by atoms with E-state index >= 15 is 0 Å². The molecule has 2 rings (SSSR count). The second kappa shape index (κ2) is 5.15. The van der Waals surface area contributed by atoms with Gasteiger partial charge in [0.25, 0.3) is 0 Å². The summed E-state index contributed by atoms with van der Waals surface area (Å²) in [6, 6.07) is 1.62. The van der Waals surface area contributed by atoms with Crippen LogP contribution in [0.4, 0.5) is 0 Å². The maximum absolute atomic E-state index is 11.8. The van der Waals surface area contributed by atoms with Crippen LogP contribution in [0.2, 0.25) is 0 Å². The van der Waals surface area contributed by atoms with Crippen LogP contribution in [0.25, 0.3) is 0 Å². The molecule has 0 aromatic heterocycles. The van der Waals surface area contributed by atoms with E-state index in [1.54, 1.807) is 7.11 Å². The van der Waals surface area contributed by atoms with E-state index < -0.39 is 0 Å². The number of ether oxygens (including phenoxy) is 1. The minimum absolute atomic E-state index is 0.0439. The topological polar surface area (TPSA) is 50.4 Å². The number of rotatable bonds is 4. The van der Waals surface area contributed by atoms with Crippen molar-refractivity contribution in [3.8, 4) is 0 Å². The Bertz CT molecular complexity index is 245. The van der Waals surface area contributed by atoms with Gasteiger partial charge in [0.05, 0.1) is 12.5 Å². The quantitative estimate of drug-likeness (QED) is 0.740. The van der Waals surface area contributed by atoms with E-state index in [1.165, 1.54) is 12.8 Å². The SMILES string of the molecule is COCC(C)C(=O)NC1CC2CCC(C1)N2. The number of amides is 1. The Hall–Kier alpha value is -0.610. The molecule has 2 aliphatic heterocycles. The van der Waals surface area contributed by atoms with Crippen LogP contribution in [0.3, 0.4) is 0 Å². The minimum atomic E-state index is -0.0439. The molecule has 2 aliphatic rings. The fraction of sp³-hybridized carbons (Fsp3) is 0.917. The van der Waals surface area contributed by atoms with E-state index in [0.717, 1.165) is 12.8 Å². The third kappa shape index (κ3) is 2.74. The van der Waals surface area contributed by atoms with Crippen molar-refractivity contribution in [3.05, 3.63) is 0 Å². The average molecular weight is 226 g/mol. The van der Waals surface area contributed by atoms with Crippen LogP contribution >= 0.6 is 0 Å². The molecule has 2 saturated heterocycles. The number of carbonyl (C=O) groups is 1. The molecule has 4 nitrogen and oxygen atoms in total. The highest BCUT2D eigenvalue weighted by Gasteiger charge is 2.34. The molecule has 0 saturated carbocycles. The van der Waals surface area contributed by atoms with Crippen molar-refractivity contribution in [3.63, 3.8) is 0 Å². The highest BCUT2D eigenvalue weighted by molar-refractivity contribution is 5.78. The maximum Gasteiger partial charge on any atom is 0.225 e. The highest BCUT2D eigenvalue weighted by Crippen LogP contribution is 2.26. The Kier molecular flexibility index (Phi) is 3.82. The van der Waals surface area contributed by atoms with E-state index in [0.29, 0.717) is 24.7 Å². The van der Waals surface area contributed by atoms with Gasteiger partial charge in [-0.1, -0.05) is 6.92 Å². The third-order valence-electron chi connectivity index (χ3n) is 3.68. The molecule has 2 fully saturated rings. The number of fused-ring (bicyclic) bond motifs is 2. The summed E-state index contributed by atoms with van der Waals surface area (Å²) in [4.78, 5) is 11.8. The molecule has 16 heavy (non-hydrogen) atoms. The molecule has 0 aliphatic carbocycles. The van der Waals surface area contributed by atoms with Crippen molar-refractivity contribution in [2.75, 3.05) is 13.7 Å². The summed E-state index contributed by atoms with van der Waals surface area (Å²) in [5.41, 5.74) is 0. The molecule has 0 spiro atoms. The first-order chi connectivity index (χ1) is 7.69. The van der Waals surface area contributed by atoms with E-state index in [2.05, 4.69) is 10.6 Å². The van der Waals surface area contributed by atoms with Gasteiger partial charge in [0.1, 0.15) is 0 Å². The highest BCUT2D eigenvalue weighted by atomic mass is 16.5. The maximum atomic E-state index is 11.8. The molecule has 0 aromatic rings. The summed E-state index contributed by atoms with van der Waals surface area (Å²) in [5, 5.41) is 6.72. The van der Waals surface area contributed by atoms with Crippen molar-refractivity contribution < 1.29 is 9.53 Å². The molecule has 92 valence electrons. The Morgan fingerprint density at radius 2 is 2.06 bits per heavy atom. The number of piperidine rings is 1. The number of hydrogen-bond donors (Lipinski definition) is 2. The fourth-order valence-corrected chi connectivity index (χ4v) is 2.84. The lowest BCUT2D eigenvalue weighted by Crippen LogP contribution is -2.49. The van der Waals surface area contributed by atoms with Gasteiger partial charge in [-0.3, -0.25) is 4.79 Å². The lowest BCUT2D eigenvalue weighted by molar-refractivity contribution is -0.126. The second-order valence-electron chi connectivity index (χ2n) is 5.17. The number of nitrogens with one attached hydrogen (secondary N) is 2. The van der Waals surface area contributed by atoms with Gasteiger partial charge in [-0.15, -0.1) is 0 Å². The summed E-state index contributed by atoms with van der Waals surface area (Å²) in [6.45, 7) is 2.41. The Labute approximate surface area is 97.1 Å². The summed E-state index contributed by atoms with van der Waals surface area (Å²) in [6.07, 6.45) is 4.71. The van der Waals surface area contributed by atoms with Crippen LogP contribution < -0.4 is 10.6 Å². The summed E-state index contributed by atoms with van der Waals surface area (Å²) >= 11 is 0. The Balaban J connectivity index is 1.79. The van der Waals surface area contributed by atoms with E-state index in [4.69, 9.17) is 4.74 Å². The lowest BCUT2D eigenvalue weighted by Gasteiger charge is -2.30. The normalized spacial score (nSPS) is 34.8. The third-order valence-corrected chi connectivity index (χ3v) is 3.68. The minimum Gasteiger partial charge on any atom is -0.384 e. The smallest absolute Gasteiger partial charge is 0.225 e. The summed E-state index contributed by atoms with van der Waals surface area (Å²) in [7, 11) is 1.63. The zero-order valence-corrected chi connectivity index (χ0v) is 10.2. The standard InChI is InChI=1S/C12H22N2O2/c1-8(7-16-2)12(15)14-11-5-9-3-4-10(6-11)13-9/h8-11,13H,3-7H2,1-2H3,(H,14,15). The van der Waals surface area contributed by atoms with Gasteiger partial charge in [0.15, 0.2) is 0 Å². The monoisotopic (exact) mass is 226 g/mol. The predicted octanol–water partition coefficient (Wildman–Crippen LogP) is 0.668. The molecule has 4 heteroatoms. The van der Waals surface area contributed by atoms with Gasteiger partial charge < -0.3 is 15.4 Å². The van der Waals surface area contributed by atoms with Crippen molar-refractivity contribution in [2.24, 2.45) is 5.92 Å². The van der Waals surface area contributed by atoms with Crippen LogP contribution in [-0.4, -0.2) is 37.7 Å². The van der Waals surface area contributed by atoms with Crippen LogP contribution in [0.1, 0.15) is 32.6 Å². The number of methoxy groups -OCH3 is 1. The first-order valence-electron chi connectivity index (χ1n) is 6.24. The number of hydrogen-bond acceptors (Lipinski definition) is 3. The zero-order valence-electron chi connectivity index (χ0n) is 10.2. The van der Waals surface area contributed by atoms with E-state index in [1.807, 2.05) is 6.92 Å². The van der Waals surface area contributed by atoms with Gasteiger partial charge >= 0.3 is 0 Å². The molecule has 1 amide bonds. The molecule has 0 aromatic carbocycles. The Morgan fingerprint density at radius 1 is 1.44 bits per heavy atom. The number of carbonyl (C=O) groups excluding carboxylic acids is 1.